The van der Waals surface area contributed by atoms with Crippen LogP contribution in [0.4, 0.5) is 0 Å². The van der Waals surface area contributed by atoms with Crippen molar-refractivity contribution in [3.05, 3.63) is 24.5 Å². The molecular formula is C12H10O5. The smallest absolute Gasteiger partial charge is 0.308 e. The molecular weight excluding hydrogens is 224 g/mol. The molecule has 5 nitrogen and oxygen atoms in total. The first-order valence-electron chi connectivity index (χ1n) is 4.94. The number of hydrogen-bond donors (Lipinski definition) is 0. The summed E-state index contributed by atoms with van der Waals surface area (Å²) in [5.74, 6) is -0.623. The minimum absolute atomic E-state index is 0.162. The van der Waals surface area contributed by atoms with Crippen LogP contribution in [0.1, 0.15) is 13.8 Å². The average molecular weight is 234 g/mol. The van der Waals surface area contributed by atoms with Crippen molar-refractivity contribution < 1.29 is 23.5 Å². The second-order valence-electron chi connectivity index (χ2n) is 3.44. The lowest BCUT2D eigenvalue weighted by Gasteiger charge is -2.08. The van der Waals surface area contributed by atoms with Crippen LogP contribution in [0.5, 0.6) is 11.5 Å². The molecule has 0 saturated carbocycles. The van der Waals surface area contributed by atoms with Crippen molar-refractivity contribution in [2.24, 2.45) is 0 Å². The molecule has 0 bridgehead atoms. The summed E-state index contributed by atoms with van der Waals surface area (Å²) >= 11 is 0. The average Bonchev–Trinajstić information content (AvgIpc) is 2.63. The van der Waals surface area contributed by atoms with Gasteiger partial charge in [0.1, 0.15) is 5.58 Å². The molecule has 0 aliphatic rings. The van der Waals surface area contributed by atoms with Gasteiger partial charge in [-0.25, -0.2) is 0 Å². The van der Waals surface area contributed by atoms with Crippen molar-refractivity contribution in [3.8, 4) is 11.5 Å². The van der Waals surface area contributed by atoms with E-state index in [1.54, 1.807) is 12.1 Å². The Morgan fingerprint density at radius 3 is 2.24 bits per heavy atom. The Balaban J connectivity index is 2.50. The van der Waals surface area contributed by atoms with E-state index < -0.39 is 11.9 Å². The number of benzene rings is 1. The third-order valence-electron chi connectivity index (χ3n) is 2.03. The van der Waals surface area contributed by atoms with Crippen molar-refractivity contribution >= 4 is 22.9 Å². The van der Waals surface area contributed by atoms with Gasteiger partial charge in [0.2, 0.25) is 0 Å². The number of carbonyl (C=O) groups excluding carboxylic acids is 2. The van der Waals surface area contributed by atoms with E-state index in [-0.39, 0.29) is 11.5 Å². The molecule has 0 atom stereocenters. The van der Waals surface area contributed by atoms with Gasteiger partial charge in [-0.1, -0.05) is 0 Å². The molecule has 0 spiro atoms. The van der Waals surface area contributed by atoms with E-state index in [0.29, 0.717) is 5.58 Å². The maximum absolute atomic E-state index is 10.9. The SMILES string of the molecule is CC(=O)Oc1cc2ccoc2cc1OC(C)=O. The first-order chi connectivity index (χ1) is 8.06. The van der Waals surface area contributed by atoms with Gasteiger partial charge in [-0.2, -0.15) is 0 Å². The fraction of sp³-hybridized carbons (Fsp3) is 0.167. The monoisotopic (exact) mass is 234 g/mol. The standard InChI is InChI=1S/C12H10O5/c1-7(13)16-11-5-9-3-4-15-10(9)6-12(11)17-8(2)14/h3-6H,1-2H3. The predicted octanol–water partition coefficient (Wildman–Crippen LogP) is 2.28. The Hall–Kier alpha value is -2.30. The molecule has 5 heteroatoms. The highest BCUT2D eigenvalue weighted by atomic mass is 16.6. The van der Waals surface area contributed by atoms with Gasteiger partial charge in [0, 0.05) is 25.3 Å². The van der Waals surface area contributed by atoms with Gasteiger partial charge in [-0.05, 0) is 12.1 Å². The van der Waals surface area contributed by atoms with Crippen LogP contribution in [0.2, 0.25) is 0 Å². The third-order valence-corrected chi connectivity index (χ3v) is 2.03. The van der Waals surface area contributed by atoms with Gasteiger partial charge >= 0.3 is 11.9 Å². The summed E-state index contributed by atoms with van der Waals surface area (Å²) in [6.07, 6.45) is 1.50. The topological polar surface area (TPSA) is 65.7 Å². The summed E-state index contributed by atoms with van der Waals surface area (Å²) in [5.41, 5.74) is 0.553. The highest BCUT2D eigenvalue weighted by molar-refractivity contribution is 5.84. The lowest BCUT2D eigenvalue weighted by Crippen LogP contribution is -2.06. The minimum Gasteiger partial charge on any atom is -0.464 e. The van der Waals surface area contributed by atoms with Gasteiger partial charge < -0.3 is 13.9 Å². The lowest BCUT2D eigenvalue weighted by atomic mass is 10.2. The number of fused-ring (bicyclic) bond motifs is 1. The quantitative estimate of drug-likeness (QED) is 0.589. The van der Waals surface area contributed by atoms with Gasteiger partial charge in [-0.3, -0.25) is 9.59 Å². The first kappa shape index (κ1) is 11.2. The zero-order chi connectivity index (χ0) is 12.4. The molecule has 0 amide bonds. The van der Waals surface area contributed by atoms with Crippen molar-refractivity contribution in [2.75, 3.05) is 0 Å². The van der Waals surface area contributed by atoms with Gasteiger partial charge in [0.15, 0.2) is 11.5 Å². The van der Waals surface area contributed by atoms with Crippen LogP contribution in [0.25, 0.3) is 11.0 Å². The third kappa shape index (κ3) is 2.44. The normalized spacial score (nSPS) is 10.2. The van der Waals surface area contributed by atoms with E-state index >= 15 is 0 Å². The Morgan fingerprint density at radius 2 is 1.65 bits per heavy atom. The molecule has 1 aromatic heterocycles. The van der Waals surface area contributed by atoms with Gasteiger partial charge in [0.05, 0.1) is 6.26 Å². The summed E-state index contributed by atoms with van der Waals surface area (Å²) in [5, 5.41) is 0.761. The molecule has 0 fully saturated rings. The Bertz CT molecular complexity index is 532. The van der Waals surface area contributed by atoms with E-state index in [1.807, 2.05) is 0 Å². The molecule has 0 radical (unpaired) electrons. The minimum atomic E-state index is -0.496. The van der Waals surface area contributed by atoms with Crippen LogP contribution in [-0.2, 0) is 9.59 Å². The van der Waals surface area contributed by atoms with Crippen molar-refractivity contribution in [3.63, 3.8) is 0 Å². The zero-order valence-corrected chi connectivity index (χ0v) is 9.35. The molecule has 0 saturated heterocycles. The van der Waals surface area contributed by atoms with E-state index in [0.717, 1.165) is 5.39 Å². The van der Waals surface area contributed by atoms with Gasteiger partial charge in [0.25, 0.3) is 0 Å². The van der Waals surface area contributed by atoms with Crippen molar-refractivity contribution in [2.45, 2.75) is 13.8 Å². The fourth-order valence-corrected chi connectivity index (χ4v) is 1.44. The Labute approximate surface area is 96.9 Å². The first-order valence-corrected chi connectivity index (χ1v) is 4.94. The Morgan fingerprint density at radius 1 is 1.06 bits per heavy atom. The molecule has 0 aliphatic carbocycles. The molecule has 1 aromatic carbocycles. The number of carbonyl (C=O) groups is 2. The van der Waals surface area contributed by atoms with E-state index in [9.17, 15) is 9.59 Å². The number of furan rings is 1. The zero-order valence-electron chi connectivity index (χ0n) is 9.35. The number of ether oxygens (including phenoxy) is 2. The molecule has 0 unspecified atom stereocenters. The number of hydrogen-bond acceptors (Lipinski definition) is 5. The highest BCUT2D eigenvalue weighted by Gasteiger charge is 2.13. The summed E-state index contributed by atoms with van der Waals surface area (Å²) in [6.45, 7) is 2.54. The molecule has 2 rings (SSSR count). The van der Waals surface area contributed by atoms with Crippen LogP contribution < -0.4 is 9.47 Å². The van der Waals surface area contributed by atoms with Crippen LogP contribution in [0.3, 0.4) is 0 Å². The summed E-state index contributed by atoms with van der Waals surface area (Å²) in [7, 11) is 0. The van der Waals surface area contributed by atoms with Crippen LogP contribution in [0, 0.1) is 0 Å². The predicted molar refractivity (Wildman–Crippen MR) is 58.8 cm³/mol. The maximum Gasteiger partial charge on any atom is 0.308 e. The van der Waals surface area contributed by atoms with Crippen molar-refractivity contribution in [1.82, 2.24) is 0 Å². The maximum atomic E-state index is 10.9. The van der Waals surface area contributed by atoms with E-state index in [2.05, 4.69) is 0 Å². The second kappa shape index (κ2) is 4.29. The van der Waals surface area contributed by atoms with Crippen LogP contribution in [0.15, 0.2) is 28.9 Å². The van der Waals surface area contributed by atoms with E-state index in [1.165, 1.54) is 26.2 Å². The summed E-state index contributed by atoms with van der Waals surface area (Å²) in [4.78, 5) is 21.9. The second-order valence-corrected chi connectivity index (χ2v) is 3.44. The summed E-state index contributed by atoms with van der Waals surface area (Å²) in [6, 6.07) is 4.81. The molecule has 2 aromatic rings. The van der Waals surface area contributed by atoms with Crippen LogP contribution in [-0.4, -0.2) is 11.9 Å². The molecule has 0 aliphatic heterocycles. The van der Waals surface area contributed by atoms with Gasteiger partial charge in [-0.15, -0.1) is 0 Å². The molecule has 17 heavy (non-hydrogen) atoms. The summed E-state index contributed by atoms with van der Waals surface area (Å²) < 4.78 is 15.1. The van der Waals surface area contributed by atoms with E-state index in [4.69, 9.17) is 13.9 Å². The molecule has 1 heterocycles. The van der Waals surface area contributed by atoms with Crippen molar-refractivity contribution in [1.29, 1.82) is 0 Å². The lowest BCUT2D eigenvalue weighted by molar-refractivity contribution is -0.134. The largest absolute Gasteiger partial charge is 0.464 e. The number of esters is 2. The Kier molecular flexibility index (Phi) is 2.82. The fourth-order valence-electron chi connectivity index (χ4n) is 1.44. The van der Waals surface area contributed by atoms with Crippen LogP contribution >= 0.6 is 0 Å². The molecule has 0 N–H and O–H groups in total. The molecule has 88 valence electrons. The highest BCUT2D eigenvalue weighted by Crippen LogP contribution is 2.33. The number of rotatable bonds is 2.